The fraction of sp³-hybridized carbons (Fsp3) is 0.684. The Hall–Kier alpha value is -2.53. The standard InChI is InChI=1S/C38H56N2O7S/c1-22(2)9-8-10-27(35(44)40-21-25-11-13-26(14-12-25)48(39,45)46)33-29-19-31(43)34-36(5)17-16-30(42)23(3)28(36)15-18-37(34,6)38(29,7)20-32(33)47-24(4)41/h9,11-14,23,28-32,34,42-43H,8,10,15-21H2,1-7H3,(H,40,44)(H2,39,45,46)/b33-27-/t23-,28-,29-,30+,31+,32-,34-,36-,37-,38-/m0/s1. The summed E-state index contributed by atoms with van der Waals surface area (Å²) in [6.45, 7) is 14.7. The highest BCUT2D eigenvalue weighted by molar-refractivity contribution is 7.89. The van der Waals surface area contributed by atoms with Gasteiger partial charge < -0.3 is 20.3 Å². The van der Waals surface area contributed by atoms with Crippen LogP contribution in [-0.4, -0.2) is 48.8 Å². The molecule has 0 bridgehead atoms. The van der Waals surface area contributed by atoms with Gasteiger partial charge in [0.15, 0.2) is 0 Å². The first kappa shape index (κ1) is 36.7. The van der Waals surface area contributed by atoms with E-state index in [1.165, 1.54) is 19.1 Å². The number of sulfonamides is 1. The smallest absolute Gasteiger partial charge is 0.303 e. The number of hydrogen-bond donors (Lipinski definition) is 4. The maximum Gasteiger partial charge on any atom is 0.303 e. The first-order chi connectivity index (χ1) is 22.3. The molecule has 4 aliphatic carbocycles. The summed E-state index contributed by atoms with van der Waals surface area (Å²) in [6, 6.07) is 6.11. The Morgan fingerprint density at radius 1 is 1.02 bits per heavy atom. The summed E-state index contributed by atoms with van der Waals surface area (Å²) in [6.07, 6.45) is 6.20. The zero-order valence-electron chi connectivity index (χ0n) is 29.7. The summed E-state index contributed by atoms with van der Waals surface area (Å²) < 4.78 is 29.5. The predicted octanol–water partition coefficient (Wildman–Crippen LogP) is 5.55. The van der Waals surface area contributed by atoms with Crippen LogP contribution in [-0.2, 0) is 30.9 Å². The van der Waals surface area contributed by atoms with Crippen LogP contribution in [0, 0.1) is 39.9 Å². The third-order valence-electron chi connectivity index (χ3n) is 13.3. The Morgan fingerprint density at radius 3 is 2.29 bits per heavy atom. The number of allylic oxidation sites excluding steroid dienone is 2. The first-order valence-corrected chi connectivity index (χ1v) is 19.2. The fourth-order valence-electron chi connectivity index (χ4n) is 10.9. The molecule has 0 saturated heterocycles. The van der Waals surface area contributed by atoms with Crippen molar-refractivity contribution in [1.29, 1.82) is 0 Å². The molecule has 0 aliphatic heterocycles. The van der Waals surface area contributed by atoms with Crippen molar-refractivity contribution in [2.75, 3.05) is 0 Å². The number of esters is 1. The van der Waals surface area contributed by atoms with Gasteiger partial charge in [-0.1, -0.05) is 51.5 Å². The number of fused-ring (bicyclic) bond motifs is 5. The van der Waals surface area contributed by atoms with Crippen molar-refractivity contribution < 1.29 is 33.0 Å². The summed E-state index contributed by atoms with van der Waals surface area (Å²) in [5, 5.41) is 31.3. The minimum atomic E-state index is -3.83. The van der Waals surface area contributed by atoms with Gasteiger partial charge in [0.2, 0.25) is 15.9 Å². The summed E-state index contributed by atoms with van der Waals surface area (Å²) in [5.41, 5.74) is 2.53. The zero-order valence-corrected chi connectivity index (χ0v) is 30.5. The van der Waals surface area contributed by atoms with Gasteiger partial charge in [0.25, 0.3) is 0 Å². The molecule has 0 spiro atoms. The van der Waals surface area contributed by atoms with E-state index in [-0.39, 0.29) is 57.5 Å². The van der Waals surface area contributed by atoms with Gasteiger partial charge >= 0.3 is 5.97 Å². The molecule has 4 aliphatic rings. The van der Waals surface area contributed by atoms with Gasteiger partial charge in [-0.3, -0.25) is 9.59 Å². The SMILES string of the molecule is CC(=O)O[C@H]1C[C@@]2(C)[C@@H](C[C@@H](O)[C@H]3[C@@]4(C)CC[C@@H](O)[C@@H](C)[C@@H]4CC[C@@]32C)/C1=C(\CCC=C(C)C)C(=O)NCc1ccc(S(N)(=O)=O)cc1. The molecule has 10 heteroatoms. The molecule has 5 N–H and O–H groups in total. The zero-order chi connectivity index (χ0) is 35.4. The molecule has 4 fully saturated rings. The lowest BCUT2D eigenvalue weighted by atomic mass is 9.36. The second-order valence-corrected chi connectivity index (χ2v) is 17.8. The molecule has 4 saturated carbocycles. The van der Waals surface area contributed by atoms with Crippen LogP contribution >= 0.6 is 0 Å². The van der Waals surface area contributed by atoms with Crippen molar-refractivity contribution in [3.05, 3.63) is 52.6 Å². The number of ether oxygens (including phenoxy) is 1. The molecular weight excluding hydrogens is 628 g/mol. The molecule has 1 aromatic carbocycles. The summed E-state index contributed by atoms with van der Waals surface area (Å²) in [7, 11) is -3.83. The number of primary sulfonamides is 1. The average molecular weight is 685 g/mol. The van der Waals surface area contributed by atoms with Crippen molar-refractivity contribution in [1.82, 2.24) is 5.32 Å². The molecule has 0 radical (unpaired) electrons. The molecule has 5 rings (SSSR count). The van der Waals surface area contributed by atoms with E-state index in [4.69, 9.17) is 9.88 Å². The normalized spacial score (nSPS) is 38.6. The molecule has 9 nitrogen and oxygen atoms in total. The number of amides is 1. The molecule has 48 heavy (non-hydrogen) atoms. The maximum atomic E-state index is 14.2. The molecule has 1 amide bonds. The molecule has 1 aromatic rings. The van der Waals surface area contributed by atoms with Gasteiger partial charge in [0, 0.05) is 19.0 Å². The Bertz CT molecular complexity index is 1580. The summed E-state index contributed by atoms with van der Waals surface area (Å²) in [4.78, 5) is 26.8. The number of nitrogens with one attached hydrogen (secondary N) is 1. The van der Waals surface area contributed by atoms with Crippen LogP contribution in [0.5, 0.6) is 0 Å². The monoisotopic (exact) mass is 684 g/mol. The van der Waals surface area contributed by atoms with Crippen LogP contribution in [0.15, 0.2) is 52.0 Å². The molecular formula is C38H56N2O7S. The van der Waals surface area contributed by atoms with E-state index in [2.05, 4.69) is 39.1 Å². The number of carbonyl (C=O) groups excluding carboxylic acids is 2. The number of benzene rings is 1. The van der Waals surface area contributed by atoms with E-state index in [0.29, 0.717) is 37.2 Å². The fourth-order valence-corrected chi connectivity index (χ4v) is 11.4. The Labute approximate surface area is 286 Å². The second kappa shape index (κ2) is 13.3. The summed E-state index contributed by atoms with van der Waals surface area (Å²) >= 11 is 0. The van der Waals surface area contributed by atoms with Gasteiger partial charge in [-0.25, -0.2) is 13.6 Å². The van der Waals surface area contributed by atoms with Gasteiger partial charge in [-0.05, 0) is 128 Å². The Balaban J connectivity index is 1.55. The lowest BCUT2D eigenvalue weighted by molar-refractivity contribution is -0.234. The minimum Gasteiger partial charge on any atom is -0.458 e. The van der Waals surface area contributed by atoms with Crippen LogP contribution in [0.1, 0.15) is 105 Å². The summed E-state index contributed by atoms with van der Waals surface area (Å²) in [5.74, 6) is -0.311. The maximum absolute atomic E-state index is 14.2. The van der Waals surface area contributed by atoms with Crippen LogP contribution in [0.3, 0.4) is 0 Å². The molecule has 0 aromatic heterocycles. The van der Waals surface area contributed by atoms with Gasteiger partial charge in [0.05, 0.1) is 17.1 Å². The van der Waals surface area contributed by atoms with E-state index in [1.807, 2.05) is 13.8 Å². The number of hydrogen-bond acceptors (Lipinski definition) is 7. The van der Waals surface area contributed by atoms with Crippen molar-refractivity contribution >= 4 is 21.9 Å². The van der Waals surface area contributed by atoms with Crippen LogP contribution in [0.4, 0.5) is 0 Å². The van der Waals surface area contributed by atoms with Crippen molar-refractivity contribution in [2.45, 2.75) is 130 Å². The lowest BCUT2D eigenvalue weighted by Gasteiger charge is -2.69. The minimum absolute atomic E-state index is 0.000909. The highest BCUT2D eigenvalue weighted by Crippen LogP contribution is 2.74. The van der Waals surface area contributed by atoms with Crippen molar-refractivity contribution in [3.8, 4) is 0 Å². The second-order valence-electron chi connectivity index (χ2n) is 16.2. The lowest BCUT2D eigenvalue weighted by Crippen LogP contribution is -2.65. The quantitative estimate of drug-likeness (QED) is 0.159. The number of aliphatic hydroxyl groups excluding tert-OH is 2. The Kier molecular flexibility index (Phi) is 10.2. The highest BCUT2D eigenvalue weighted by Gasteiger charge is 2.70. The van der Waals surface area contributed by atoms with E-state index in [1.54, 1.807) is 12.1 Å². The van der Waals surface area contributed by atoms with Gasteiger partial charge in [-0.15, -0.1) is 0 Å². The van der Waals surface area contributed by atoms with Gasteiger partial charge in [0.1, 0.15) is 6.10 Å². The van der Waals surface area contributed by atoms with E-state index in [9.17, 15) is 28.2 Å². The van der Waals surface area contributed by atoms with Crippen LogP contribution < -0.4 is 10.5 Å². The number of rotatable bonds is 8. The Morgan fingerprint density at radius 2 is 1.69 bits per heavy atom. The number of nitrogens with two attached hydrogens (primary N) is 1. The number of aliphatic hydroxyl groups is 2. The molecule has 266 valence electrons. The largest absolute Gasteiger partial charge is 0.458 e. The molecule has 0 heterocycles. The first-order valence-electron chi connectivity index (χ1n) is 17.6. The highest BCUT2D eigenvalue weighted by atomic mass is 32.2. The third-order valence-corrected chi connectivity index (χ3v) is 14.2. The van der Waals surface area contributed by atoms with Gasteiger partial charge in [-0.2, -0.15) is 0 Å². The van der Waals surface area contributed by atoms with Crippen molar-refractivity contribution in [2.24, 2.45) is 45.1 Å². The van der Waals surface area contributed by atoms with E-state index < -0.39 is 28.2 Å². The van der Waals surface area contributed by atoms with E-state index >= 15 is 0 Å². The predicted molar refractivity (Wildman–Crippen MR) is 185 cm³/mol. The van der Waals surface area contributed by atoms with Crippen LogP contribution in [0.2, 0.25) is 0 Å². The topological polar surface area (TPSA) is 156 Å². The van der Waals surface area contributed by atoms with Crippen molar-refractivity contribution in [3.63, 3.8) is 0 Å². The molecule has 0 unspecified atom stereocenters. The van der Waals surface area contributed by atoms with Crippen LogP contribution in [0.25, 0.3) is 0 Å². The number of carbonyl (C=O) groups is 2. The third kappa shape index (κ3) is 6.42. The average Bonchev–Trinajstić information content (AvgIpc) is 3.26. The van der Waals surface area contributed by atoms with E-state index in [0.717, 1.165) is 42.4 Å². The molecule has 10 atom stereocenters.